The van der Waals surface area contributed by atoms with E-state index in [1.165, 1.54) is 33.2 Å². The van der Waals surface area contributed by atoms with Crippen LogP contribution in [0.3, 0.4) is 0 Å². The highest BCUT2D eigenvalue weighted by Crippen LogP contribution is 2.18. The zero-order chi connectivity index (χ0) is 13.4. The molecule has 0 aliphatic carbocycles. The maximum Gasteiger partial charge on any atom is 0.0456 e. The Balaban J connectivity index is 1.57. The number of nitrogens with one attached hydrogen (secondary N) is 2. The van der Waals surface area contributed by atoms with Gasteiger partial charge in [0.15, 0.2) is 0 Å². The fourth-order valence-corrected chi connectivity index (χ4v) is 2.81. The summed E-state index contributed by atoms with van der Waals surface area (Å²) in [6, 6.07) is 21.4. The summed E-state index contributed by atoms with van der Waals surface area (Å²) in [4.78, 5) is 6.97. The van der Waals surface area contributed by atoms with Crippen LogP contribution >= 0.6 is 0 Å². The molecule has 2 aromatic carbocycles. The Morgan fingerprint density at radius 2 is 1.05 bits per heavy atom. The summed E-state index contributed by atoms with van der Waals surface area (Å²) in [7, 11) is 0. The molecular weight excluding hydrogens is 244 g/mol. The van der Waals surface area contributed by atoms with Crippen LogP contribution in [-0.2, 0) is 12.8 Å². The summed E-state index contributed by atoms with van der Waals surface area (Å²) in [5.41, 5.74) is 5.04. The molecule has 2 nitrogen and oxygen atoms in total. The van der Waals surface area contributed by atoms with Gasteiger partial charge < -0.3 is 9.97 Å². The highest BCUT2D eigenvalue weighted by Gasteiger charge is 2.03. The number of hydrogen-bond acceptors (Lipinski definition) is 0. The highest BCUT2D eigenvalue weighted by molar-refractivity contribution is 5.81. The standard InChI is InChI=1S/C18H16N2/c1-3-7-17-13(5-1)11-15(19-17)9-10-16-12-14-6-2-4-8-18(14)20-16/h1-8,11-12,19-20H,9-10H2. The lowest BCUT2D eigenvalue weighted by Crippen LogP contribution is -1.91. The lowest BCUT2D eigenvalue weighted by molar-refractivity contribution is 0.905. The third-order valence-corrected chi connectivity index (χ3v) is 3.84. The minimum Gasteiger partial charge on any atom is -0.358 e. The number of aromatic nitrogens is 2. The molecule has 0 saturated heterocycles. The molecule has 0 saturated carbocycles. The molecule has 0 atom stereocenters. The quantitative estimate of drug-likeness (QED) is 0.546. The maximum atomic E-state index is 3.49. The van der Waals surface area contributed by atoms with E-state index in [4.69, 9.17) is 0 Å². The number of para-hydroxylation sites is 2. The van der Waals surface area contributed by atoms with Gasteiger partial charge in [0.05, 0.1) is 0 Å². The maximum absolute atomic E-state index is 3.49. The average Bonchev–Trinajstić information content (AvgIpc) is 3.07. The lowest BCUT2D eigenvalue weighted by atomic mass is 10.2. The van der Waals surface area contributed by atoms with Crippen molar-refractivity contribution >= 4 is 21.8 Å². The van der Waals surface area contributed by atoms with Crippen LogP contribution in [0.2, 0.25) is 0 Å². The third kappa shape index (κ3) is 1.99. The van der Waals surface area contributed by atoms with Gasteiger partial charge in [-0.3, -0.25) is 0 Å². The van der Waals surface area contributed by atoms with E-state index in [0.29, 0.717) is 0 Å². The average molecular weight is 260 g/mol. The second kappa shape index (κ2) is 4.57. The van der Waals surface area contributed by atoms with Crippen molar-refractivity contribution in [3.63, 3.8) is 0 Å². The van der Waals surface area contributed by atoms with E-state index in [-0.39, 0.29) is 0 Å². The van der Waals surface area contributed by atoms with E-state index >= 15 is 0 Å². The highest BCUT2D eigenvalue weighted by atomic mass is 14.7. The molecule has 0 unspecified atom stereocenters. The minimum absolute atomic E-state index is 1.03. The van der Waals surface area contributed by atoms with Crippen molar-refractivity contribution in [3.8, 4) is 0 Å². The largest absolute Gasteiger partial charge is 0.358 e. The molecule has 0 aliphatic heterocycles. The molecule has 20 heavy (non-hydrogen) atoms. The Hall–Kier alpha value is -2.48. The summed E-state index contributed by atoms with van der Waals surface area (Å²) in [5, 5.41) is 2.58. The van der Waals surface area contributed by atoms with Gasteiger partial charge in [0.1, 0.15) is 0 Å². The molecule has 2 heterocycles. The van der Waals surface area contributed by atoms with E-state index in [1.807, 2.05) is 0 Å². The third-order valence-electron chi connectivity index (χ3n) is 3.84. The van der Waals surface area contributed by atoms with Crippen molar-refractivity contribution in [1.29, 1.82) is 0 Å². The molecule has 2 aromatic heterocycles. The molecule has 0 fully saturated rings. The summed E-state index contributed by atoms with van der Waals surface area (Å²) in [6.07, 6.45) is 2.06. The van der Waals surface area contributed by atoms with E-state index in [2.05, 4.69) is 70.6 Å². The molecule has 0 bridgehead atoms. The van der Waals surface area contributed by atoms with Crippen LogP contribution in [0.25, 0.3) is 21.8 Å². The predicted molar refractivity (Wildman–Crippen MR) is 84.0 cm³/mol. The number of aromatic amines is 2. The van der Waals surface area contributed by atoms with Gasteiger partial charge in [-0.05, 0) is 47.9 Å². The predicted octanol–water partition coefficient (Wildman–Crippen LogP) is 4.43. The van der Waals surface area contributed by atoms with Crippen LogP contribution in [0.1, 0.15) is 11.4 Å². The molecule has 0 amide bonds. The molecule has 0 spiro atoms. The molecule has 2 N–H and O–H groups in total. The molecule has 0 aliphatic rings. The van der Waals surface area contributed by atoms with Crippen molar-refractivity contribution in [3.05, 3.63) is 72.1 Å². The van der Waals surface area contributed by atoms with Crippen LogP contribution in [0.15, 0.2) is 60.7 Å². The minimum atomic E-state index is 1.03. The molecule has 2 heteroatoms. The zero-order valence-electron chi connectivity index (χ0n) is 11.2. The number of fused-ring (bicyclic) bond motifs is 2. The SMILES string of the molecule is c1ccc2[nH]c(CCc3cc4ccccc4[nH]3)cc2c1. The van der Waals surface area contributed by atoms with Crippen molar-refractivity contribution in [2.45, 2.75) is 12.8 Å². The number of H-pyrrole nitrogens is 2. The second-order valence-electron chi connectivity index (χ2n) is 5.26. The van der Waals surface area contributed by atoms with Crippen molar-refractivity contribution in [1.82, 2.24) is 9.97 Å². The van der Waals surface area contributed by atoms with Gasteiger partial charge in [0, 0.05) is 22.4 Å². The van der Waals surface area contributed by atoms with Gasteiger partial charge >= 0.3 is 0 Å². The Bertz CT molecular complexity index is 727. The lowest BCUT2D eigenvalue weighted by Gasteiger charge is -1.96. The van der Waals surface area contributed by atoms with E-state index in [0.717, 1.165) is 12.8 Å². The first-order valence-corrected chi connectivity index (χ1v) is 7.02. The topological polar surface area (TPSA) is 31.6 Å². The van der Waals surface area contributed by atoms with Crippen LogP contribution in [0, 0.1) is 0 Å². The van der Waals surface area contributed by atoms with Gasteiger partial charge in [0.25, 0.3) is 0 Å². The van der Waals surface area contributed by atoms with Gasteiger partial charge in [0.2, 0.25) is 0 Å². The van der Waals surface area contributed by atoms with E-state index in [9.17, 15) is 0 Å². The Labute approximate surface area is 117 Å². The molecule has 4 aromatic rings. The molecule has 0 radical (unpaired) electrons. The summed E-state index contributed by atoms with van der Waals surface area (Å²) in [6.45, 7) is 0. The molecular formula is C18H16N2. The summed E-state index contributed by atoms with van der Waals surface area (Å²) in [5.74, 6) is 0. The van der Waals surface area contributed by atoms with Gasteiger partial charge in [-0.2, -0.15) is 0 Å². The van der Waals surface area contributed by atoms with Crippen LogP contribution in [0.4, 0.5) is 0 Å². The first kappa shape index (κ1) is 11.4. The number of aryl methyl sites for hydroxylation is 2. The fourth-order valence-electron chi connectivity index (χ4n) is 2.81. The van der Waals surface area contributed by atoms with E-state index < -0.39 is 0 Å². The zero-order valence-corrected chi connectivity index (χ0v) is 11.2. The first-order valence-electron chi connectivity index (χ1n) is 7.02. The monoisotopic (exact) mass is 260 g/mol. The van der Waals surface area contributed by atoms with E-state index in [1.54, 1.807) is 0 Å². The summed E-state index contributed by atoms with van der Waals surface area (Å²) >= 11 is 0. The van der Waals surface area contributed by atoms with Crippen LogP contribution in [-0.4, -0.2) is 9.97 Å². The number of rotatable bonds is 3. The fraction of sp³-hybridized carbons (Fsp3) is 0.111. The van der Waals surface area contributed by atoms with Crippen molar-refractivity contribution < 1.29 is 0 Å². The first-order chi connectivity index (χ1) is 9.88. The Kier molecular flexibility index (Phi) is 2.59. The number of benzene rings is 2. The Morgan fingerprint density at radius 1 is 0.600 bits per heavy atom. The van der Waals surface area contributed by atoms with Gasteiger partial charge in [-0.15, -0.1) is 0 Å². The normalized spacial score (nSPS) is 11.4. The number of hydrogen-bond donors (Lipinski definition) is 2. The molecule has 4 rings (SSSR count). The second-order valence-corrected chi connectivity index (χ2v) is 5.26. The van der Waals surface area contributed by atoms with Crippen LogP contribution < -0.4 is 0 Å². The van der Waals surface area contributed by atoms with Crippen LogP contribution in [0.5, 0.6) is 0 Å². The van der Waals surface area contributed by atoms with Crippen molar-refractivity contribution in [2.75, 3.05) is 0 Å². The van der Waals surface area contributed by atoms with Gasteiger partial charge in [-0.25, -0.2) is 0 Å². The summed E-state index contributed by atoms with van der Waals surface area (Å²) < 4.78 is 0. The smallest absolute Gasteiger partial charge is 0.0456 e. The Morgan fingerprint density at radius 3 is 1.50 bits per heavy atom. The van der Waals surface area contributed by atoms with Crippen molar-refractivity contribution in [2.24, 2.45) is 0 Å². The molecule has 98 valence electrons. The van der Waals surface area contributed by atoms with Gasteiger partial charge in [-0.1, -0.05) is 36.4 Å².